The van der Waals surface area contributed by atoms with Gasteiger partial charge in [-0.05, 0) is 98.2 Å². The summed E-state index contributed by atoms with van der Waals surface area (Å²) in [5, 5.41) is 40.3. The van der Waals surface area contributed by atoms with Crippen LogP contribution >= 0.6 is 0 Å². The minimum Gasteiger partial charge on any atom is -0.394 e. The lowest BCUT2D eigenvalue weighted by atomic mass is 9.49. The van der Waals surface area contributed by atoms with Crippen molar-refractivity contribution in [1.29, 1.82) is 0 Å². The highest BCUT2D eigenvalue weighted by molar-refractivity contribution is 5.30. The number of hydrogen-bond donors (Lipinski definition) is 4. The van der Waals surface area contributed by atoms with Crippen LogP contribution in [0.1, 0.15) is 79.6 Å². The second kappa shape index (κ2) is 12.0. The van der Waals surface area contributed by atoms with Crippen molar-refractivity contribution >= 4 is 0 Å². The molecule has 1 aliphatic heterocycles. The smallest absolute Gasteiger partial charge is 0.186 e. The molecule has 2 saturated carbocycles. The Morgan fingerprint density at radius 3 is 2.59 bits per heavy atom. The van der Waals surface area contributed by atoms with Crippen molar-refractivity contribution < 1.29 is 29.9 Å². The quantitative estimate of drug-likeness (QED) is 0.295. The zero-order chi connectivity index (χ0) is 29.7. The standard InChI is InChI=1S/C35H54O6/c1-7-22(20(2)3)9-8-21(4)26-12-13-27-25-11-10-23-18-24(14-16-34(23,5)28(25)15-17-35(26,27)6)40-33-32(39)31(38)30(37)29(19-36)41-33/h8-10,15,17,21-22,24-33,36-39H,2,7,11-14,16,18-19H2,1,3-6H3. The van der Waals surface area contributed by atoms with Crippen LogP contribution in [0.15, 0.2) is 48.1 Å². The molecular weight excluding hydrogens is 516 g/mol. The first-order chi connectivity index (χ1) is 19.4. The van der Waals surface area contributed by atoms with Gasteiger partial charge in [0.15, 0.2) is 6.29 Å². The average molecular weight is 571 g/mol. The maximum atomic E-state index is 10.5. The molecule has 0 aromatic carbocycles. The summed E-state index contributed by atoms with van der Waals surface area (Å²) in [5.74, 6) is 3.53. The van der Waals surface area contributed by atoms with E-state index < -0.39 is 37.3 Å². The molecule has 5 aliphatic rings. The van der Waals surface area contributed by atoms with Gasteiger partial charge < -0.3 is 29.9 Å². The second-order valence-electron chi connectivity index (χ2n) is 14.4. The molecule has 14 unspecified atom stereocenters. The predicted octanol–water partition coefficient (Wildman–Crippen LogP) is 5.32. The summed E-state index contributed by atoms with van der Waals surface area (Å²) in [6.07, 6.45) is 13.6. The fraction of sp³-hybridized carbons (Fsp3) is 0.771. The molecule has 1 saturated heterocycles. The van der Waals surface area contributed by atoms with Gasteiger partial charge >= 0.3 is 0 Å². The van der Waals surface area contributed by atoms with Crippen LogP contribution in [0.5, 0.6) is 0 Å². The highest BCUT2D eigenvalue weighted by atomic mass is 16.7. The van der Waals surface area contributed by atoms with E-state index >= 15 is 0 Å². The summed E-state index contributed by atoms with van der Waals surface area (Å²) in [5.41, 5.74) is 3.00. The van der Waals surface area contributed by atoms with Crippen molar-refractivity contribution in [3.05, 3.63) is 48.1 Å². The first-order valence-corrected chi connectivity index (χ1v) is 16.1. The molecule has 0 radical (unpaired) electrons. The van der Waals surface area contributed by atoms with Crippen LogP contribution in [0.4, 0.5) is 0 Å². The van der Waals surface area contributed by atoms with E-state index in [1.54, 1.807) is 0 Å². The summed E-state index contributed by atoms with van der Waals surface area (Å²) in [7, 11) is 0. The molecule has 4 aliphatic carbocycles. The van der Waals surface area contributed by atoms with Crippen molar-refractivity contribution in [2.24, 2.45) is 46.3 Å². The van der Waals surface area contributed by atoms with Crippen LogP contribution < -0.4 is 0 Å². The minimum absolute atomic E-state index is 0.0927. The second-order valence-corrected chi connectivity index (χ2v) is 14.4. The number of fused-ring (bicyclic) bond motifs is 5. The molecule has 0 spiro atoms. The number of aliphatic hydroxyl groups excluding tert-OH is 4. The first kappa shape index (κ1) is 31.2. The Morgan fingerprint density at radius 2 is 1.90 bits per heavy atom. The largest absolute Gasteiger partial charge is 0.394 e. The minimum atomic E-state index is -1.41. The van der Waals surface area contributed by atoms with Crippen LogP contribution in [-0.4, -0.2) is 63.8 Å². The zero-order valence-corrected chi connectivity index (χ0v) is 25.8. The van der Waals surface area contributed by atoms with E-state index in [-0.39, 0.29) is 16.9 Å². The van der Waals surface area contributed by atoms with Crippen molar-refractivity contribution in [2.45, 2.75) is 116 Å². The Hall–Kier alpha value is -1.28. The lowest BCUT2D eigenvalue weighted by Gasteiger charge is -2.56. The SMILES string of the molecule is C=C(C)C(C=CC(C)C1CCC2C3CC=C4CC(OC5OC(CO)C(O)C(O)C5O)CCC4(C)C3C=CC12C)CC. The number of hydrogen-bond acceptors (Lipinski definition) is 6. The Balaban J connectivity index is 1.27. The highest BCUT2D eigenvalue weighted by Gasteiger charge is 2.57. The number of ether oxygens (including phenoxy) is 2. The summed E-state index contributed by atoms with van der Waals surface area (Å²) in [4.78, 5) is 0. The third-order valence-electron chi connectivity index (χ3n) is 12.1. The molecule has 6 nitrogen and oxygen atoms in total. The molecule has 1 heterocycles. The highest BCUT2D eigenvalue weighted by Crippen LogP contribution is 2.65. The first-order valence-electron chi connectivity index (χ1n) is 16.1. The van der Waals surface area contributed by atoms with Crippen molar-refractivity contribution in [2.75, 3.05) is 6.61 Å². The fourth-order valence-corrected chi connectivity index (χ4v) is 9.46. The van der Waals surface area contributed by atoms with Crippen LogP contribution in [0.3, 0.4) is 0 Å². The predicted molar refractivity (Wildman–Crippen MR) is 161 cm³/mol. The molecule has 0 aromatic heterocycles. The molecule has 6 heteroatoms. The van der Waals surface area contributed by atoms with Gasteiger partial charge in [-0.15, -0.1) is 0 Å². The van der Waals surface area contributed by atoms with Crippen molar-refractivity contribution in [3.8, 4) is 0 Å². The van der Waals surface area contributed by atoms with Gasteiger partial charge in [0.25, 0.3) is 0 Å². The normalized spacial score (nSPS) is 47.3. The van der Waals surface area contributed by atoms with Gasteiger partial charge in [-0.25, -0.2) is 0 Å². The van der Waals surface area contributed by atoms with Gasteiger partial charge in [-0.2, -0.15) is 0 Å². The molecule has 0 amide bonds. The van der Waals surface area contributed by atoms with E-state index in [1.807, 2.05) is 0 Å². The van der Waals surface area contributed by atoms with Gasteiger partial charge in [0.2, 0.25) is 0 Å². The lowest BCUT2D eigenvalue weighted by Crippen LogP contribution is -2.60. The van der Waals surface area contributed by atoms with E-state index in [9.17, 15) is 20.4 Å². The van der Waals surface area contributed by atoms with Gasteiger partial charge in [0, 0.05) is 0 Å². The Labute approximate surface area is 247 Å². The lowest BCUT2D eigenvalue weighted by molar-refractivity contribution is -0.312. The van der Waals surface area contributed by atoms with Gasteiger partial charge in [0.05, 0.1) is 12.7 Å². The van der Waals surface area contributed by atoms with Crippen molar-refractivity contribution in [3.63, 3.8) is 0 Å². The van der Waals surface area contributed by atoms with E-state index in [2.05, 4.69) is 71.6 Å². The maximum absolute atomic E-state index is 10.5. The van der Waals surface area contributed by atoms with E-state index in [1.165, 1.54) is 24.0 Å². The zero-order valence-electron chi connectivity index (χ0n) is 25.8. The molecule has 3 fully saturated rings. The van der Waals surface area contributed by atoms with Gasteiger partial charge in [-0.3, -0.25) is 0 Å². The summed E-state index contributed by atoms with van der Waals surface area (Å²) in [6.45, 7) is 15.5. The van der Waals surface area contributed by atoms with Crippen LogP contribution in [0, 0.1) is 46.3 Å². The average Bonchev–Trinajstić information content (AvgIpc) is 3.30. The molecular formula is C35H54O6. The molecule has 4 N–H and O–H groups in total. The summed E-state index contributed by atoms with van der Waals surface area (Å²) >= 11 is 0. The maximum Gasteiger partial charge on any atom is 0.186 e. The van der Waals surface area contributed by atoms with Gasteiger partial charge in [-0.1, -0.05) is 75.8 Å². The third-order valence-corrected chi connectivity index (χ3v) is 12.1. The number of allylic oxidation sites excluding steroid dienone is 6. The summed E-state index contributed by atoms with van der Waals surface area (Å²) in [6, 6.07) is 0. The topological polar surface area (TPSA) is 99.4 Å². The molecule has 0 aromatic rings. The van der Waals surface area contributed by atoms with Gasteiger partial charge in [0.1, 0.15) is 24.4 Å². The Morgan fingerprint density at radius 1 is 1.15 bits per heavy atom. The number of aliphatic hydroxyl groups is 4. The molecule has 41 heavy (non-hydrogen) atoms. The Kier molecular flexibility index (Phi) is 9.13. The molecule has 0 bridgehead atoms. The van der Waals surface area contributed by atoms with Crippen LogP contribution in [0.25, 0.3) is 0 Å². The Bertz CT molecular complexity index is 1050. The van der Waals surface area contributed by atoms with E-state index in [4.69, 9.17) is 9.47 Å². The molecule has 230 valence electrons. The van der Waals surface area contributed by atoms with E-state index in [0.717, 1.165) is 32.1 Å². The van der Waals surface area contributed by atoms with Crippen LogP contribution in [0.2, 0.25) is 0 Å². The third kappa shape index (κ3) is 5.47. The molecule has 5 rings (SSSR count). The fourth-order valence-electron chi connectivity index (χ4n) is 9.46. The monoisotopic (exact) mass is 570 g/mol. The van der Waals surface area contributed by atoms with Crippen LogP contribution in [-0.2, 0) is 9.47 Å². The number of rotatable bonds is 8. The summed E-state index contributed by atoms with van der Waals surface area (Å²) < 4.78 is 11.8. The van der Waals surface area contributed by atoms with Crippen molar-refractivity contribution in [1.82, 2.24) is 0 Å². The van der Waals surface area contributed by atoms with E-state index in [0.29, 0.717) is 35.5 Å². The molecule has 14 atom stereocenters.